The highest BCUT2D eigenvalue weighted by Crippen LogP contribution is 2.24. The van der Waals surface area contributed by atoms with Crippen LogP contribution in [0.1, 0.15) is 48.2 Å². The zero-order valence-corrected chi connectivity index (χ0v) is 21.8. The van der Waals surface area contributed by atoms with E-state index in [4.69, 9.17) is 32.7 Å². The van der Waals surface area contributed by atoms with Crippen molar-refractivity contribution in [2.45, 2.75) is 45.6 Å². The van der Waals surface area contributed by atoms with E-state index >= 15 is 0 Å². The van der Waals surface area contributed by atoms with Crippen LogP contribution in [-0.4, -0.2) is 50.2 Å². The van der Waals surface area contributed by atoms with Crippen molar-refractivity contribution in [1.82, 2.24) is 4.31 Å². The predicted molar refractivity (Wildman–Crippen MR) is 131 cm³/mol. The summed E-state index contributed by atoms with van der Waals surface area (Å²) in [6.45, 7) is 6.56. The molecule has 6 nitrogen and oxygen atoms in total. The molecule has 0 aliphatic heterocycles. The minimum atomic E-state index is -3.34. The zero-order chi connectivity index (χ0) is 23.9. The fraction of sp³-hybridized carbons (Fsp3) is 0.500. The summed E-state index contributed by atoms with van der Waals surface area (Å²) < 4.78 is 36.8. The molecule has 0 bridgehead atoms. The van der Waals surface area contributed by atoms with E-state index in [0.29, 0.717) is 59.6 Å². The molecule has 1 aromatic carbocycles. The highest BCUT2D eigenvalue weighted by atomic mass is 35.5. The largest absolute Gasteiger partial charge is 0.493 e. The zero-order valence-electron chi connectivity index (χ0n) is 18.7. The van der Waals surface area contributed by atoms with Gasteiger partial charge in [-0.05, 0) is 70.4 Å². The van der Waals surface area contributed by atoms with Crippen LogP contribution >= 0.6 is 34.5 Å². The molecular formula is C22H29Cl2NO5S2. The Hall–Kier alpha value is -1.32. The monoisotopic (exact) mass is 521 g/mol. The lowest BCUT2D eigenvalue weighted by molar-refractivity contribution is 0.00752. The molecule has 32 heavy (non-hydrogen) atoms. The van der Waals surface area contributed by atoms with Crippen LogP contribution in [0.4, 0.5) is 0 Å². The van der Waals surface area contributed by atoms with E-state index in [1.165, 1.54) is 21.9 Å². The van der Waals surface area contributed by atoms with Crippen LogP contribution < -0.4 is 4.74 Å². The summed E-state index contributed by atoms with van der Waals surface area (Å²) in [6, 6.07) is 8.58. The Morgan fingerprint density at radius 3 is 2.28 bits per heavy atom. The topological polar surface area (TPSA) is 72.9 Å². The second kappa shape index (κ2) is 11.7. The number of hydrogen-bond donors (Lipinski definition) is 0. The summed E-state index contributed by atoms with van der Waals surface area (Å²) >= 11 is 13.3. The number of benzene rings is 1. The van der Waals surface area contributed by atoms with Gasteiger partial charge in [0.2, 0.25) is 10.0 Å². The maximum absolute atomic E-state index is 12.1. The van der Waals surface area contributed by atoms with Crippen molar-refractivity contribution < 1.29 is 22.7 Å². The Balaban J connectivity index is 1.81. The third kappa shape index (κ3) is 9.67. The molecule has 0 atom stereocenters. The number of thiophene rings is 1. The molecule has 2 aromatic rings. The van der Waals surface area contributed by atoms with Crippen LogP contribution in [0.5, 0.6) is 5.75 Å². The Bertz CT molecular complexity index is 995. The summed E-state index contributed by atoms with van der Waals surface area (Å²) in [5.74, 6) is 0.208. The van der Waals surface area contributed by atoms with Gasteiger partial charge in [-0.25, -0.2) is 17.5 Å². The van der Waals surface area contributed by atoms with Crippen LogP contribution in [0.3, 0.4) is 0 Å². The van der Waals surface area contributed by atoms with E-state index < -0.39 is 15.6 Å². The molecule has 1 aromatic heterocycles. The molecule has 2 rings (SSSR count). The molecule has 0 aliphatic carbocycles. The fourth-order valence-corrected chi connectivity index (χ4v) is 5.22. The van der Waals surface area contributed by atoms with Crippen LogP contribution in [0.25, 0.3) is 0 Å². The van der Waals surface area contributed by atoms with Crippen LogP contribution in [0.15, 0.2) is 30.3 Å². The molecule has 0 aliphatic rings. The van der Waals surface area contributed by atoms with Crippen molar-refractivity contribution in [2.24, 2.45) is 0 Å². The smallest absolute Gasteiger partial charge is 0.348 e. The number of ether oxygens (including phenoxy) is 2. The molecule has 0 saturated heterocycles. The quantitative estimate of drug-likeness (QED) is 0.281. The fourth-order valence-electron chi connectivity index (χ4n) is 2.87. The van der Waals surface area contributed by atoms with Gasteiger partial charge in [-0.3, -0.25) is 0 Å². The van der Waals surface area contributed by atoms with Crippen LogP contribution in [-0.2, 0) is 21.2 Å². The maximum Gasteiger partial charge on any atom is 0.348 e. The van der Waals surface area contributed by atoms with E-state index in [2.05, 4.69) is 0 Å². The van der Waals surface area contributed by atoms with E-state index in [0.717, 1.165) is 4.88 Å². The number of halogens is 2. The standard InChI is InChI=1S/C22H29Cl2NO5S2/c1-22(2,3)30-21(26)20-9-8-19(31-20)7-5-10-25(32(4,27)28)11-6-12-29-18-14-16(23)13-17(24)15-18/h8-9,13-15H,5-7,10-12H2,1-4H3. The van der Waals surface area contributed by atoms with Gasteiger partial charge in [0.25, 0.3) is 0 Å². The molecular weight excluding hydrogens is 493 g/mol. The first-order valence-corrected chi connectivity index (χ1v) is 13.6. The van der Waals surface area contributed by atoms with E-state index in [1.807, 2.05) is 26.8 Å². The maximum atomic E-state index is 12.1. The lowest BCUT2D eigenvalue weighted by Crippen LogP contribution is -2.33. The number of carbonyl (C=O) groups excluding carboxylic acids is 1. The average molecular weight is 523 g/mol. The normalized spacial score (nSPS) is 12.2. The van der Waals surface area contributed by atoms with Gasteiger partial charge < -0.3 is 9.47 Å². The summed E-state index contributed by atoms with van der Waals surface area (Å²) in [5.41, 5.74) is -0.542. The Labute approximate surface area is 204 Å². The molecule has 0 N–H and O–H groups in total. The highest BCUT2D eigenvalue weighted by molar-refractivity contribution is 7.88. The molecule has 0 saturated carbocycles. The van der Waals surface area contributed by atoms with Gasteiger partial charge in [0.1, 0.15) is 16.2 Å². The molecule has 0 fully saturated rings. The third-order valence-corrected chi connectivity index (χ3v) is 7.08. The van der Waals surface area contributed by atoms with Crippen molar-refractivity contribution in [1.29, 1.82) is 0 Å². The summed E-state index contributed by atoms with van der Waals surface area (Å²) in [7, 11) is -3.34. The van der Waals surface area contributed by atoms with E-state index in [1.54, 1.807) is 24.3 Å². The molecule has 0 amide bonds. The van der Waals surface area contributed by atoms with Gasteiger partial charge >= 0.3 is 5.97 Å². The van der Waals surface area contributed by atoms with Gasteiger partial charge in [-0.2, -0.15) is 0 Å². The average Bonchev–Trinajstić information content (AvgIpc) is 3.09. The lowest BCUT2D eigenvalue weighted by Gasteiger charge is -2.20. The minimum Gasteiger partial charge on any atom is -0.493 e. The summed E-state index contributed by atoms with van der Waals surface area (Å²) in [4.78, 5) is 13.7. The minimum absolute atomic E-state index is 0.340. The number of nitrogens with zero attached hydrogens (tertiary/aromatic N) is 1. The highest BCUT2D eigenvalue weighted by Gasteiger charge is 2.20. The Morgan fingerprint density at radius 1 is 1.06 bits per heavy atom. The van der Waals surface area contributed by atoms with Gasteiger partial charge in [-0.15, -0.1) is 11.3 Å². The van der Waals surface area contributed by atoms with E-state index in [9.17, 15) is 13.2 Å². The molecule has 0 radical (unpaired) electrons. The number of carbonyl (C=O) groups is 1. The first kappa shape index (κ1) is 26.9. The predicted octanol–water partition coefficient (Wildman–Crippen LogP) is 5.67. The van der Waals surface area contributed by atoms with E-state index in [-0.39, 0.29) is 5.97 Å². The van der Waals surface area contributed by atoms with Gasteiger partial charge in [0.15, 0.2) is 0 Å². The van der Waals surface area contributed by atoms with Gasteiger partial charge in [0.05, 0.1) is 12.9 Å². The molecule has 10 heteroatoms. The first-order chi connectivity index (χ1) is 14.8. The second-order valence-electron chi connectivity index (χ2n) is 8.34. The van der Waals surface area contributed by atoms with Gasteiger partial charge in [0, 0.05) is 28.0 Å². The molecule has 0 unspecified atom stereocenters. The van der Waals surface area contributed by atoms with Crippen LogP contribution in [0.2, 0.25) is 10.0 Å². The summed E-state index contributed by atoms with van der Waals surface area (Å²) in [6.07, 6.45) is 3.05. The van der Waals surface area contributed by atoms with Crippen LogP contribution in [0, 0.1) is 0 Å². The SMILES string of the molecule is CC(C)(C)OC(=O)c1ccc(CCCN(CCCOc2cc(Cl)cc(Cl)c2)S(C)(=O)=O)s1. The lowest BCUT2D eigenvalue weighted by atomic mass is 10.2. The molecule has 0 spiro atoms. The van der Waals surface area contributed by atoms with Crippen molar-refractivity contribution in [3.05, 3.63) is 50.1 Å². The second-order valence-corrected chi connectivity index (χ2v) is 12.4. The van der Waals surface area contributed by atoms with Crippen molar-refractivity contribution in [3.8, 4) is 5.75 Å². The number of aryl methyl sites for hydroxylation is 1. The number of esters is 1. The Morgan fingerprint density at radius 2 is 1.69 bits per heavy atom. The van der Waals surface area contributed by atoms with Crippen molar-refractivity contribution >= 4 is 50.5 Å². The Kier molecular flexibility index (Phi) is 9.85. The number of rotatable bonds is 11. The van der Waals surface area contributed by atoms with Crippen molar-refractivity contribution in [2.75, 3.05) is 26.0 Å². The van der Waals surface area contributed by atoms with Gasteiger partial charge in [-0.1, -0.05) is 23.2 Å². The summed E-state index contributed by atoms with van der Waals surface area (Å²) in [5, 5.41) is 0.960. The van der Waals surface area contributed by atoms with Crippen molar-refractivity contribution in [3.63, 3.8) is 0 Å². The first-order valence-electron chi connectivity index (χ1n) is 10.2. The number of hydrogen-bond acceptors (Lipinski definition) is 6. The third-order valence-electron chi connectivity index (χ3n) is 4.22. The number of sulfonamides is 1. The molecule has 178 valence electrons. The molecule has 1 heterocycles.